The first-order valence-corrected chi connectivity index (χ1v) is 7.44. The second-order valence-corrected chi connectivity index (χ2v) is 5.66. The van der Waals surface area contributed by atoms with E-state index in [4.69, 9.17) is 17.3 Å². The van der Waals surface area contributed by atoms with E-state index in [-0.39, 0.29) is 5.56 Å². The number of hydrogen-bond donors (Lipinski definition) is 1. The van der Waals surface area contributed by atoms with Crippen molar-refractivity contribution in [1.29, 1.82) is 0 Å². The van der Waals surface area contributed by atoms with Gasteiger partial charge in [0.05, 0.1) is 22.5 Å². The second-order valence-electron chi connectivity index (χ2n) is 5.23. The number of primary amides is 1. The summed E-state index contributed by atoms with van der Waals surface area (Å²) < 4.78 is 1.41. The maximum atomic E-state index is 12.9. The van der Waals surface area contributed by atoms with Crippen LogP contribution in [0.2, 0.25) is 5.02 Å². The Hall–Kier alpha value is -2.66. The highest BCUT2D eigenvalue weighted by molar-refractivity contribution is 6.30. The van der Waals surface area contributed by atoms with Crippen molar-refractivity contribution in [2.45, 2.75) is 12.8 Å². The Bertz CT molecular complexity index is 948. The number of halogens is 1. The number of fused-ring (bicyclic) bond motifs is 1. The molecule has 0 aliphatic heterocycles. The molecule has 6 heteroatoms. The predicted octanol–water partition coefficient (Wildman–Crippen LogP) is 2.63. The summed E-state index contributed by atoms with van der Waals surface area (Å²) in [4.78, 5) is 29.0. The third kappa shape index (κ3) is 2.71. The maximum absolute atomic E-state index is 12.9. The van der Waals surface area contributed by atoms with E-state index in [1.54, 1.807) is 55.5 Å². The molecule has 0 bridgehead atoms. The summed E-state index contributed by atoms with van der Waals surface area (Å²) in [7, 11) is 0. The van der Waals surface area contributed by atoms with Gasteiger partial charge >= 0.3 is 0 Å². The van der Waals surface area contributed by atoms with E-state index < -0.39 is 11.8 Å². The van der Waals surface area contributed by atoms with Gasteiger partial charge in [-0.1, -0.05) is 23.7 Å². The Balaban J connectivity index is 2.39. The summed E-state index contributed by atoms with van der Waals surface area (Å²) in [6, 6.07) is 13.8. The van der Waals surface area contributed by atoms with Crippen molar-refractivity contribution in [2.24, 2.45) is 5.73 Å². The minimum Gasteiger partial charge on any atom is -0.369 e. The van der Waals surface area contributed by atoms with Crippen molar-refractivity contribution in [3.05, 3.63) is 69.7 Å². The molecule has 1 atom stereocenters. The van der Waals surface area contributed by atoms with E-state index in [0.29, 0.717) is 27.4 Å². The van der Waals surface area contributed by atoms with Gasteiger partial charge in [0, 0.05) is 5.02 Å². The molecule has 0 radical (unpaired) electrons. The van der Waals surface area contributed by atoms with Gasteiger partial charge in [-0.2, -0.15) is 0 Å². The fourth-order valence-electron chi connectivity index (χ4n) is 2.41. The highest BCUT2D eigenvalue weighted by Crippen LogP contribution is 2.20. The van der Waals surface area contributed by atoms with E-state index in [1.807, 2.05) is 0 Å². The molecular weight excluding hydrogens is 314 g/mol. The molecule has 3 rings (SSSR count). The molecule has 0 fully saturated rings. The van der Waals surface area contributed by atoms with E-state index in [2.05, 4.69) is 4.98 Å². The van der Waals surface area contributed by atoms with Gasteiger partial charge in [0.25, 0.3) is 5.56 Å². The zero-order valence-electron chi connectivity index (χ0n) is 12.4. The number of carbonyl (C=O) groups is 1. The summed E-state index contributed by atoms with van der Waals surface area (Å²) in [5.74, 6) is -0.943. The monoisotopic (exact) mass is 327 g/mol. The Morgan fingerprint density at radius 2 is 1.83 bits per heavy atom. The molecule has 0 aliphatic rings. The highest BCUT2D eigenvalue weighted by atomic mass is 35.5. The number of hydrogen-bond acceptors (Lipinski definition) is 3. The highest BCUT2D eigenvalue weighted by Gasteiger charge is 2.21. The van der Waals surface area contributed by atoms with Crippen LogP contribution in [0.1, 0.15) is 18.7 Å². The Labute approximate surface area is 137 Å². The minimum absolute atomic E-state index is 0.249. The number of rotatable bonds is 3. The maximum Gasteiger partial charge on any atom is 0.265 e. The first-order chi connectivity index (χ1) is 11.0. The summed E-state index contributed by atoms with van der Waals surface area (Å²) >= 11 is 5.91. The molecule has 5 nitrogen and oxygen atoms in total. The average molecular weight is 328 g/mol. The number of para-hydroxylation sites is 1. The average Bonchev–Trinajstić information content (AvgIpc) is 2.55. The summed E-state index contributed by atoms with van der Waals surface area (Å²) in [5.41, 5.74) is 6.29. The molecule has 1 unspecified atom stereocenters. The van der Waals surface area contributed by atoms with Crippen LogP contribution in [-0.2, 0) is 4.79 Å². The van der Waals surface area contributed by atoms with Gasteiger partial charge in [-0.05, 0) is 43.3 Å². The lowest BCUT2D eigenvalue weighted by molar-refractivity contribution is -0.119. The van der Waals surface area contributed by atoms with Crippen molar-refractivity contribution in [3.63, 3.8) is 0 Å². The summed E-state index contributed by atoms with van der Waals surface area (Å²) in [5, 5.41) is 1.03. The molecule has 0 saturated carbocycles. The fourth-order valence-corrected chi connectivity index (χ4v) is 2.53. The first kappa shape index (κ1) is 15.2. The molecule has 23 heavy (non-hydrogen) atoms. The smallest absolute Gasteiger partial charge is 0.265 e. The molecule has 1 amide bonds. The van der Waals surface area contributed by atoms with Gasteiger partial charge in [-0.3, -0.25) is 14.2 Å². The Morgan fingerprint density at radius 3 is 2.48 bits per heavy atom. The number of nitrogens with zero attached hydrogens (tertiary/aromatic N) is 2. The summed E-state index contributed by atoms with van der Waals surface area (Å²) in [6.07, 6.45) is 0. The number of amides is 1. The van der Waals surface area contributed by atoms with Gasteiger partial charge in [0.1, 0.15) is 5.82 Å². The molecule has 2 N–H and O–H groups in total. The number of aromatic nitrogens is 2. The molecule has 0 saturated heterocycles. The number of nitrogens with two attached hydrogens (primary N) is 1. The lowest BCUT2D eigenvalue weighted by atomic mass is 10.1. The third-order valence-electron chi connectivity index (χ3n) is 3.70. The van der Waals surface area contributed by atoms with Crippen molar-refractivity contribution >= 4 is 28.4 Å². The van der Waals surface area contributed by atoms with Crippen LogP contribution in [0.3, 0.4) is 0 Å². The predicted molar refractivity (Wildman–Crippen MR) is 90.0 cm³/mol. The van der Waals surface area contributed by atoms with Crippen LogP contribution in [-0.4, -0.2) is 15.5 Å². The topological polar surface area (TPSA) is 78.0 Å². The molecule has 0 spiro atoms. The van der Waals surface area contributed by atoms with Crippen LogP contribution < -0.4 is 11.3 Å². The van der Waals surface area contributed by atoms with Crippen molar-refractivity contribution in [2.75, 3.05) is 0 Å². The van der Waals surface area contributed by atoms with Gasteiger partial charge in [0.2, 0.25) is 5.91 Å². The SMILES string of the molecule is CC(C(N)=O)c1nc2ccccc2c(=O)n1-c1ccc(Cl)cc1. The number of carbonyl (C=O) groups excluding carboxylic acids is 1. The molecule has 1 aromatic heterocycles. The fraction of sp³-hybridized carbons (Fsp3) is 0.118. The standard InChI is InChI=1S/C17H14ClN3O2/c1-10(15(19)22)16-20-14-5-3-2-4-13(14)17(23)21(16)12-8-6-11(18)7-9-12/h2-10H,1H3,(H2,19,22). The van der Waals surface area contributed by atoms with Crippen molar-refractivity contribution < 1.29 is 4.79 Å². The van der Waals surface area contributed by atoms with Crippen LogP contribution in [0, 0.1) is 0 Å². The minimum atomic E-state index is -0.706. The van der Waals surface area contributed by atoms with Gasteiger partial charge in [-0.15, -0.1) is 0 Å². The molecule has 2 aromatic carbocycles. The second kappa shape index (κ2) is 5.85. The van der Waals surface area contributed by atoms with Gasteiger partial charge < -0.3 is 5.73 Å². The zero-order chi connectivity index (χ0) is 16.6. The van der Waals surface area contributed by atoms with Crippen molar-refractivity contribution in [3.8, 4) is 5.69 Å². The Kier molecular flexibility index (Phi) is 3.88. The number of benzene rings is 2. The molecule has 0 aliphatic carbocycles. The van der Waals surface area contributed by atoms with E-state index in [9.17, 15) is 9.59 Å². The normalized spacial score (nSPS) is 12.3. The quantitative estimate of drug-likeness (QED) is 0.803. The van der Waals surface area contributed by atoms with E-state index in [0.717, 1.165) is 0 Å². The Morgan fingerprint density at radius 1 is 1.17 bits per heavy atom. The molecule has 116 valence electrons. The molecular formula is C17H14ClN3O2. The van der Waals surface area contributed by atoms with Crippen molar-refractivity contribution in [1.82, 2.24) is 9.55 Å². The molecule has 1 heterocycles. The van der Waals surface area contributed by atoms with Gasteiger partial charge in [-0.25, -0.2) is 4.98 Å². The van der Waals surface area contributed by atoms with Crippen LogP contribution in [0.4, 0.5) is 0 Å². The van der Waals surface area contributed by atoms with Crippen LogP contribution in [0.25, 0.3) is 16.6 Å². The zero-order valence-corrected chi connectivity index (χ0v) is 13.1. The van der Waals surface area contributed by atoms with E-state index >= 15 is 0 Å². The molecule has 3 aromatic rings. The summed E-state index contributed by atoms with van der Waals surface area (Å²) in [6.45, 7) is 1.63. The van der Waals surface area contributed by atoms with Gasteiger partial charge in [0.15, 0.2) is 0 Å². The first-order valence-electron chi connectivity index (χ1n) is 7.06. The van der Waals surface area contributed by atoms with E-state index in [1.165, 1.54) is 4.57 Å². The van der Waals surface area contributed by atoms with Crippen LogP contribution in [0.15, 0.2) is 53.3 Å². The lowest BCUT2D eigenvalue weighted by Gasteiger charge is -2.16. The third-order valence-corrected chi connectivity index (χ3v) is 3.95. The largest absolute Gasteiger partial charge is 0.369 e. The van der Waals surface area contributed by atoms with Crippen LogP contribution in [0.5, 0.6) is 0 Å². The van der Waals surface area contributed by atoms with Crippen LogP contribution >= 0.6 is 11.6 Å². The lowest BCUT2D eigenvalue weighted by Crippen LogP contribution is -2.29.